The van der Waals surface area contributed by atoms with Crippen LogP contribution in [0.2, 0.25) is 18.1 Å². The van der Waals surface area contributed by atoms with E-state index in [1.807, 2.05) is 12.2 Å². The highest BCUT2D eigenvalue weighted by Crippen LogP contribution is 2.41. The van der Waals surface area contributed by atoms with E-state index < -0.39 is 13.9 Å². The number of carbonyl (C=O) groups is 1. The Bertz CT molecular complexity index is 276. The third-order valence-corrected chi connectivity index (χ3v) is 8.06. The van der Waals surface area contributed by atoms with Crippen LogP contribution in [0.15, 0.2) is 12.2 Å². The highest BCUT2D eigenvalue weighted by Gasteiger charge is 2.44. The van der Waals surface area contributed by atoms with Crippen LogP contribution in [0.1, 0.15) is 33.6 Å². The zero-order chi connectivity index (χ0) is 11.7. The van der Waals surface area contributed by atoms with Crippen LogP contribution in [0.25, 0.3) is 0 Å². The summed E-state index contributed by atoms with van der Waals surface area (Å²) in [6.45, 7) is 10.9. The lowest BCUT2D eigenvalue weighted by Crippen LogP contribution is -2.49. The summed E-state index contributed by atoms with van der Waals surface area (Å²) in [6, 6.07) is 0. The van der Waals surface area contributed by atoms with Gasteiger partial charge >= 0.3 is 0 Å². The highest BCUT2D eigenvalue weighted by atomic mass is 28.4. The van der Waals surface area contributed by atoms with Gasteiger partial charge in [-0.1, -0.05) is 32.9 Å². The molecule has 0 aliphatic heterocycles. The fraction of sp³-hybridized carbons (Fsp3) is 0.750. The minimum Gasteiger partial charge on any atom is -0.401 e. The maximum atomic E-state index is 11.2. The van der Waals surface area contributed by atoms with Crippen LogP contribution in [0.3, 0.4) is 0 Å². The van der Waals surface area contributed by atoms with Crippen LogP contribution >= 0.6 is 0 Å². The molecule has 3 heteroatoms. The molecule has 15 heavy (non-hydrogen) atoms. The molecular weight excluding hydrogens is 204 g/mol. The van der Waals surface area contributed by atoms with Crippen molar-refractivity contribution in [1.82, 2.24) is 0 Å². The van der Waals surface area contributed by atoms with Gasteiger partial charge in [0, 0.05) is 0 Å². The molecule has 0 N–H and O–H groups in total. The molecule has 0 fully saturated rings. The fourth-order valence-corrected chi connectivity index (χ4v) is 2.99. The van der Waals surface area contributed by atoms with E-state index in [1.54, 1.807) is 0 Å². The Morgan fingerprint density at radius 3 is 2.33 bits per heavy atom. The summed E-state index contributed by atoms with van der Waals surface area (Å²) >= 11 is 0. The lowest BCUT2D eigenvalue weighted by molar-refractivity contribution is -0.118. The highest BCUT2D eigenvalue weighted by molar-refractivity contribution is 6.74. The molecule has 0 saturated carbocycles. The van der Waals surface area contributed by atoms with E-state index in [-0.39, 0.29) is 5.04 Å². The summed E-state index contributed by atoms with van der Waals surface area (Å²) in [4.78, 5) is 11.2. The second-order valence-corrected chi connectivity index (χ2v) is 10.6. The van der Waals surface area contributed by atoms with Gasteiger partial charge < -0.3 is 4.43 Å². The molecule has 1 aliphatic carbocycles. The molecule has 0 unspecified atom stereocenters. The summed E-state index contributed by atoms with van der Waals surface area (Å²) < 4.78 is 6.18. The fourth-order valence-electron chi connectivity index (χ4n) is 1.51. The number of allylic oxidation sites excluding steroid dienone is 1. The topological polar surface area (TPSA) is 26.3 Å². The molecule has 86 valence electrons. The first kappa shape index (κ1) is 12.7. The molecule has 0 aromatic heterocycles. The zero-order valence-corrected chi connectivity index (χ0v) is 11.5. The standard InChI is InChI=1S/C12H22O2Si/c1-11(2,3)15(4,5)14-12(10-13)8-6-7-9-12/h6,8,10H,7,9H2,1-5H3/t12-/m0/s1. The van der Waals surface area contributed by atoms with Gasteiger partial charge in [-0.3, -0.25) is 4.79 Å². The molecule has 2 nitrogen and oxygen atoms in total. The van der Waals surface area contributed by atoms with Crippen molar-refractivity contribution in [3.8, 4) is 0 Å². The van der Waals surface area contributed by atoms with E-state index in [4.69, 9.17) is 4.43 Å². The molecule has 1 atom stereocenters. The van der Waals surface area contributed by atoms with Crippen LogP contribution in [0, 0.1) is 0 Å². The predicted octanol–water partition coefficient (Wildman–Crippen LogP) is 3.30. The SMILES string of the molecule is CC(C)(C)[Si](C)(C)O[C@@]1(C=O)C=CCC1. The van der Waals surface area contributed by atoms with E-state index in [0.717, 1.165) is 19.1 Å². The van der Waals surface area contributed by atoms with Gasteiger partial charge in [0.05, 0.1) is 0 Å². The zero-order valence-electron chi connectivity index (χ0n) is 10.5. The Morgan fingerprint density at radius 2 is 2.00 bits per heavy atom. The van der Waals surface area contributed by atoms with Gasteiger partial charge in [0.2, 0.25) is 0 Å². The lowest BCUT2D eigenvalue weighted by Gasteiger charge is -2.41. The van der Waals surface area contributed by atoms with Crippen LogP contribution in [-0.4, -0.2) is 20.2 Å². The minimum absolute atomic E-state index is 0.152. The Labute approximate surface area is 93.8 Å². The smallest absolute Gasteiger partial charge is 0.193 e. The second kappa shape index (κ2) is 3.87. The second-order valence-electron chi connectivity index (χ2n) is 5.88. The average molecular weight is 226 g/mol. The Morgan fingerprint density at radius 1 is 1.40 bits per heavy atom. The summed E-state index contributed by atoms with van der Waals surface area (Å²) in [7, 11) is -1.85. The largest absolute Gasteiger partial charge is 0.401 e. The molecule has 0 spiro atoms. The molecule has 0 bridgehead atoms. The first-order valence-corrected chi connectivity index (χ1v) is 8.47. The molecule has 1 aliphatic rings. The van der Waals surface area contributed by atoms with Crippen molar-refractivity contribution in [1.29, 1.82) is 0 Å². The number of aldehydes is 1. The molecule has 0 aromatic carbocycles. The average Bonchev–Trinajstić information content (AvgIpc) is 2.51. The lowest BCUT2D eigenvalue weighted by atomic mass is 10.1. The number of hydrogen-bond donors (Lipinski definition) is 0. The molecule has 0 saturated heterocycles. The van der Waals surface area contributed by atoms with Crippen molar-refractivity contribution in [2.75, 3.05) is 0 Å². The number of rotatable bonds is 3. The van der Waals surface area contributed by atoms with Crippen LogP contribution in [0.5, 0.6) is 0 Å². The molecule has 0 heterocycles. The maximum absolute atomic E-state index is 11.2. The molecule has 0 aromatic rings. The van der Waals surface area contributed by atoms with Gasteiger partial charge in [0.15, 0.2) is 14.6 Å². The summed E-state index contributed by atoms with van der Waals surface area (Å²) in [6.07, 6.45) is 6.70. The van der Waals surface area contributed by atoms with Crippen LogP contribution < -0.4 is 0 Å². The van der Waals surface area contributed by atoms with Crippen molar-refractivity contribution in [3.05, 3.63) is 12.2 Å². The van der Waals surface area contributed by atoms with Crippen molar-refractivity contribution in [2.24, 2.45) is 0 Å². The van der Waals surface area contributed by atoms with E-state index in [0.29, 0.717) is 0 Å². The molecule has 0 amide bonds. The van der Waals surface area contributed by atoms with Crippen molar-refractivity contribution in [3.63, 3.8) is 0 Å². The number of carbonyl (C=O) groups excluding carboxylic acids is 1. The van der Waals surface area contributed by atoms with Crippen molar-refractivity contribution >= 4 is 14.6 Å². The maximum Gasteiger partial charge on any atom is 0.193 e. The van der Waals surface area contributed by atoms with Gasteiger partial charge in [0.1, 0.15) is 5.60 Å². The third kappa shape index (κ3) is 2.58. The van der Waals surface area contributed by atoms with E-state index in [1.165, 1.54) is 0 Å². The summed E-state index contributed by atoms with van der Waals surface area (Å²) in [5, 5.41) is 0.152. The van der Waals surface area contributed by atoms with Gasteiger partial charge in [-0.25, -0.2) is 0 Å². The summed E-state index contributed by atoms with van der Waals surface area (Å²) in [5.74, 6) is 0. The normalized spacial score (nSPS) is 27.0. The van der Waals surface area contributed by atoms with E-state index in [2.05, 4.69) is 33.9 Å². The van der Waals surface area contributed by atoms with Gasteiger partial charge in [-0.15, -0.1) is 0 Å². The first-order chi connectivity index (χ1) is 6.72. The van der Waals surface area contributed by atoms with Gasteiger partial charge in [-0.2, -0.15) is 0 Å². The number of hydrogen-bond acceptors (Lipinski definition) is 2. The monoisotopic (exact) mass is 226 g/mol. The predicted molar refractivity (Wildman–Crippen MR) is 65.5 cm³/mol. The quantitative estimate of drug-likeness (QED) is 0.419. The van der Waals surface area contributed by atoms with Crippen LogP contribution in [0.4, 0.5) is 0 Å². The third-order valence-electron chi connectivity index (χ3n) is 3.55. The Hall–Kier alpha value is -0.413. The molecule has 0 radical (unpaired) electrons. The first-order valence-electron chi connectivity index (χ1n) is 5.57. The molecule has 1 rings (SSSR count). The van der Waals surface area contributed by atoms with Gasteiger partial charge in [-0.05, 0) is 31.0 Å². The van der Waals surface area contributed by atoms with Crippen molar-refractivity contribution < 1.29 is 9.22 Å². The van der Waals surface area contributed by atoms with Crippen molar-refractivity contribution in [2.45, 2.75) is 57.3 Å². The van der Waals surface area contributed by atoms with Crippen LogP contribution in [-0.2, 0) is 9.22 Å². The Balaban J connectivity index is 2.84. The summed E-state index contributed by atoms with van der Waals surface area (Å²) in [5.41, 5.74) is -0.622. The van der Waals surface area contributed by atoms with E-state index in [9.17, 15) is 4.79 Å². The van der Waals surface area contributed by atoms with Gasteiger partial charge in [0.25, 0.3) is 0 Å². The van der Waals surface area contributed by atoms with E-state index >= 15 is 0 Å². The minimum atomic E-state index is -1.85. The molecular formula is C12H22O2Si. The Kier molecular flexibility index (Phi) is 3.26.